The van der Waals surface area contributed by atoms with E-state index in [0.717, 1.165) is 38.8 Å². The van der Waals surface area contributed by atoms with Crippen LogP contribution in [0, 0.1) is 0 Å². The molecule has 0 saturated heterocycles. The van der Waals surface area contributed by atoms with Gasteiger partial charge in [0.25, 0.3) is 5.91 Å². The summed E-state index contributed by atoms with van der Waals surface area (Å²) < 4.78 is 39.8. The number of halogens is 6. The molecule has 4 N–H and O–H groups in total. The van der Waals surface area contributed by atoms with Crippen molar-refractivity contribution in [2.24, 2.45) is 5.16 Å². The third-order valence-corrected chi connectivity index (χ3v) is 6.58. The molecular formula is C24H27Br3F3N3O6. The maximum absolute atomic E-state index is 12.4. The van der Waals surface area contributed by atoms with E-state index in [1.165, 1.54) is 6.07 Å². The number of hydrogen-bond acceptors (Lipinski definition) is 7. The summed E-state index contributed by atoms with van der Waals surface area (Å²) in [5, 5.41) is 31.9. The highest BCUT2D eigenvalue weighted by Crippen LogP contribution is 2.35. The Morgan fingerprint density at radius 1 is 1.05 bits per heavy atom. The highest BCUT2D eigenvalue weighted by Gasteiger charge is 2.38. The smallest absolute Gasteiger partial charge is 0.490 e. The van der Waals surface area contributed by atoms with Gasteiger partial charge in [-0.1, -0.05) is 11.2 Å². The molecule has 0 spiro atoms. The molecule has 0 aliphatic heterocycles. The summed E-state index contributed by atoms with van der Waals surface area (Å²) in [5.74, 6) is -2.35. The van der Waals surface area contributed by atoms with E-state index in [4.69, 9.17) is 14.6 Å². The molecule has 2 rings (SSSR count). The third-order valence-electron chi connectivity index (χ3n) is 4.76. The highest BCUT2D eigenvalue weighted by atomic mass is 79.9. The van der Waals surface area contributed by atoms with Crippen molar-refractivity contribution in [2.45, 2.75) is 25.4 Å². The van der Waals surface area contributed by atoms with Crippen molar-refractivity contribution in [1.82, 2.24) is 10.2 Å². The first-order valence-electron chi connectivity index (χ1n) is 11.2. The summed E-state index contributed by atoms with van der Waals surface area (Å²) in [7, 11) is 4.06. The molecule has 0 unspecified atom stereocenters. The molecule has 0 fully saturated rings. The van der Waals surface area contributed by atoms with Crippen molar-refractivity contribution in [2.75, 3.05) is 33.8 Å². The van der Waals surface area contributed by atoms with Crippen molar-refractivity contribution in [3.8, 4) is 11.5 Å². The summed E-state index contributed by atoms with van der Waals surface area (Å²) in [6, 6.07) is 8.78. The molecule has 0 radical (unpaired) electrons. The number of aliphatic carboxylic acids is 1. The van der Waals surface area contributed by atoms with Crippen LogP contribution in [0.2, 0.25) is 0 Å². The molecule has 0 atom stereocenters. The average Bonchev–Trinajstić information content (AvgIpc) is 2.83. The minimum atomic E-state index is -5.08. The van der Waals surface area contributed by atoms with Crippen LogP contribution in [-0.2, 0) is 22.4 Å². The van der Waals surface area contributed by atoms with Crippen LogP contribution in [0.25, 0.3) is 0 Å². The first-order chi connectivity index (χ1) is 18.1. The normalized spacial score (nSPS) is 11.6. The number of rotatable bonds is 11. The Morgan fingerprint density at radius 2 is 1.62 bits per heavy atom. The molecule has 9 nitrogen and oxygen atoms in total. The number of nitrogens with one attached hydrogen (secondary N) is 1. The number of carbonyl (C=O) groups is 2. The molecular weight excluding hydrogens is 723 g/mol. The molecule has 2 aromatic rings. The zero-order valence-corrected chi connectivity index (χ0v) is 25.6. The number of ether oxygens (including phenoxy) is 1. The lowest BCUT2D eigenvalue weighted by Crippen LogP contribution is -2.33. The van der Waals surface area contributed by atoms with Crippen LogP contribution in [0.3, 0.4) is 0 Å². The van der Waals surface area contributed by atoms with E-state index in [-0.39, 0.29) is 17.9 Å². The second-order valence-electron chi connectivity index (χ2n) is 8.21. The van der Waals surface area contributed by atoms with E-state index < -0.39 is 18.1 Å². The Hall–Kier alpha value is -2.36. The fourth-order valence-corrected chi connectivity index (χ4v) is 4.82. The van der Waals surface area contributed by atoms with Gasteiger partial charge in [0.15, 0.2) is 0 Å². The molecule has 0 saturated carbocycles. The lowest BCUT2D eigenvalue weighted by atomic mass is 10.1. The number of benzene rings is 2. The Kier molecular flexibility index (Phi) is 14.8. The number of nitrogens with zero attached hydrogens (tertiary/aromatic N) is 2. The maximum atomic E-state index is 12.4. The summed E-state index contributed by atoms with van der Waals surface area (Å²) in [5.41, 5.74) is 1.73. The molecule has 0 aliphatic carbocycles. The standard InChI is InChI=1S/C22H26Br3N3O4.C2HF3O2/c1-28(2)8-3-9-32-21-17(24)11-15(12-18(21)25)6-7-26-22(30)19(27-31)13-14-4-5-20(29)16(23)10-14;3-2(4,5)1(6)7/h4-5,10-12,29,31H,3,6-9,13H2,1-2H3,(H,26,30);(H,6,7)/b27-19+;. The topological polar surface area (TPSA) is 132 Å². The van der Waals surface area contributed by atoms with Gasteiger partial charge in [0.05, 0.1) is 20.0 Å². The number of carboxylic acids is 1. The number of amides is 1. The van der Waals surface area contributed by atoms with Crippen LogP contribution in [0.4, 0.5) is 13.2 Å². The fourth-order valence-electron chi connectivity index (χ4n) is 2.89. The van der Waals surface area contributed by atoms with E-state index in [1.807, 2.05) is 26.2 Å². The minimum absolute atomic E-state index is 0.00794. The van der Waals surface area contributed by atoms with Crippen LogP contribution in [0.1, 0.15) is 17.5 Å². The Morgan fingerprint density at radius 3 is 2.10 bits per heavy atom. The van der Waals surface area contributed by atoms with Crippen LogP contribution in [0.15, 0.2) is 48.9 Å². The van der Waals surface area contributed by atoms with E-state index in [1.54, 1.807) is 12.1 Å². The van der Waals surface area contributed by atoms with Gasteiger partial charge in [-0.15, -0.1) is 0 Å². The van der Waals surface area contributed by atoms with Gasteiger partial charge in [0.1, 0.15) is 17.2 Å². The SMILES string of the molecule is CN(C)CCCOc1c(Br)cc(CCNC(=O)/C(Cc2ccc(O)c(Br)c2)=N/O)cc1Br.O=C(O)C(F)(F)F. The zero-order chi connectivity index (χ0) is 29.8. The number of hydrogen-bond donors (Lipinski definition) is 4. The van der Waals surface area contributed by atoms with Crippen LogP contribution < -0.4 is 10.1 Å². The first-order valence-corrected chi connectivity index (χ1v) is 13.6. The second-order valence-corrected chi connectivity index (χ2v) is 10.8. The first kappa shape index (κ1) is 34.7. The summed E-state index contributed by atoms with van der Waals surface area (Å²) >= 11 is 10.3. The van der Waals surface area contributed by atoms with Gasteiger partial charge in [-0.2, -0.15) is 13.2 Å². The van der Waals surface area contributed by atoms with Gasteiger partial charge < -0.3 is 30.4 Å². The van der Waals surface area contributed by atoms with Crippen molar-refractivity contribution in [1.29, 1.82) is 0 Å². The van der Waals surface area contributed by atoms with E-state index in [9.17, 15) is 28.3 Å². The number of carboxylic acid groups (broad SMARTS) is 1. The third kappa shape index (κ3) is 13.0. The predicted molar refractivity (Wildman–Crippen MR) is 150 cm³/mol. The van der Waals surface area contributed by atoms with Crippen molar-refractivity contribution in [3.63, 3.8) is 0 Å². The van der Waals surface area contributed by atoms with E-state index in [0.29, 0.717) is 24.0 Å². The lowest BCUT2D eigenvalue weighted by Gasteiger charge is -2.14. The monoisotopic (exact) mass is 747 g/mol. The molecule has 1 amide bonds. The number of carbonyl (C=O) groups excluding carboxylic acids is 1. The number of phenols is 1. The van der Waals surface area contributed by atoms with Gasteiger partial charge in [-0.3, -0.25) is 4.79 Å². The van der Waals surface area contributed by atoms with E-state index >= 15 is 0 Å². The molecule has 0 bridgehead atoms. The lowest BCUT2D eigenvalue weighted by molar-refractivity contribution is -0.192. The Labute approximate surface area is 248 Å². The van der Waals surface area contributed by atoms with Gasteiger partial charge >= 0.3 is 12.1 Å². The van der Waals surface area contributed by atoms with Gasteiger partial charge in [0, 0.05) is 19.5 Å². The average molecular weight is 750 g/mol. The molecule has 216 valence electrons. The summed E-state index contributed by atoms with van der Waals surface area (Å²) in [6.45, 7) is 1.95. The molecule has 0 aliphatic rings. The summed E-state index contributed by atoms with van der Waals surface area (Å²) in [6.07, 6.45) is -3.43. The molecule has 15 heteroatoms. The number of phenolic OH excluding ortho intramolecular Hbond substituents is 1. The van der Waals surface area contributed by atoms with E-state index in [2.05, 4.69) is 63.2 Å². The maximum Gasteiger partial charge on any atom is 0.490 e. The number of alkyl halides is 3. The molecule has 0 aromatic heterocycles. The zero-order valence-electron chi connectivity index (χ0n) is 20.9. The highest BCUT2D eigenvalue weighted by molar-refractivity contribution is 9.11. The quantitative estimate of drug-likeness (QED) is 0.105. The Bertz CT molecular complexity index is 1140. The van der Waals surface area contributed by atoms with Crippen LogP contribution in [-0.4, -0.2) is 77.9 Å². The van der Waals surface area contributed by atoms with Gasteiger partial charge in [-0.25, -0.2) is 4.79 Å². The largest absolute Gasteiger partial charge is 0.507 e. The van der Waals surface area contributed by atoms with Crippen molar-refractivity contribution < 1.29 is 42.9 Å². The molecule has 0 heterocycles. The van der Waals surface area contributed by atoms with Gasteiger partial charge in [0.2, 0.25) is 0 Å². The second kappa shape index (κ2) is 16.7. The minimum Gasteiger partial charge on any atom is -0.507 e. The Balaban J connectivity index is 0.000000956. The molecule has 39 heavy (non-hydrogen) atoms. The number of oxime groups is 1. The number of aromatic hydroxyl groups is 1. The van der Waals surface area contributed by atoms with Crippen LogP contribution >= 0.6 is 47.8 Å². The van der Waals surface area contributed by atoms with Crippen LogP contribution in [0.5, 0.6) is 11.5 Å². The van der Waals surface area contributed by atoms with Crippen molar-refractivity contribution in [3.05, 3.63) is 54.9 Å². The van der Waals surface area contributed by atoms with Gasteiger partial charge in [-0.05, 0) is 110 Å². The van der Waals surface area contributed by atoms with Crippen molar-refractivity contribution >= 4 is 65.4 Å². The molecule has 2 aromatic carbocycles. The predicted octanol–water partition coefficient (Wildman–Crippen LogP) is 5.38. The summed E-state index contributed by atoms with van der Waals surface area (Å²) in [4.78, 5) is 23.4. The fraction of sp³-hybridized carbons (Fsp3) is 0.375.